The molecular weight excluding hydrogens is 238 g/mol. The second kappa shape index (κ2) is 5.64. The molecule has 2 rings (SSSR count). The number of rotatable bonds is 2. The fourth-order valence-corrected chi connectivity index (χ4v) is 3.49. The molecule has 1 saturated heterocycles. The summed E-state index contributed by atoms with van der Waals surface area (Å²) in [5.74, 6) is 0.764. The van der Waals surface area contributed by atoms with Gasteiger partial charge in [0.2, 0.25) is 5.91 Å². The van der Waals surface area contributed by atoms with Crippen LogP contribution in [0.3, 0.4) is 0 Å². The number of amides is 1. The van der Waals surface area contributed by atoms with Crippen molar-refractivity contribution in [3.8, 4) is 0 Å². The normalized spacial score (nSPS) is 28.8. The van der Waals surface area contributed by atoms with Crippen molar-refractivity contribution in [3.05, 3.63) is 0 Å². The lowest BCUT2D eigenvalue weighted by molar-refractivity contribution is -0.137. The molecule has 1 aliphatic heterocycles. The van der Waals surface area contributed by atoms with Crippen molar-refractivity contribution in [2.45, 2.75) is 71.8 Å². The Labute approximate surface area is 116 Å². The van der Waals surface area contributed by atoms with E-state index in [0.29, 0.717) is 12.2 Å². The second-order valence-electron chi connectivity index (χ2n) is 7.35. The molecule has 2 aliphatic rings. The molecule has 0 aromatic carbocycles. The maximum absolute atomic E-state index is 12.4. The van der Waals surface area contributed by atoms with Gasteiger partial charge in [-0.15, -0.1) is 0 Å². The lowest BCUT2D eigenvalue weighted by Gasteiger charge is -2.34. The Morgan fingerprint density at radius 3 is 2.58 bits per heavy atom. The highest BCUT2D eigenvalue weighted by Gasteiger charge is 2.39. The predicted octanol–water partition coefficient (Wildman–Crippen LogP) is 3.17. The van der Waals surface area contributed by atoms with Gasteiger partial charge in [-0.2, -0.15) is 0 Å². The zero-order valence-electron chi connectivity index (χ0n) is 12.6. The number of ketones is 1. The Kier molecular flexibility index (Phi) is 4.32. The summed E-state index contributed by atoms with van der Waals surface area (Å²) in [7, 11) is 0. The molecule has 0 bridgehead atoms. The molecule has 0 radical (unpaired) electrons. The summed E-state index contributed by atoms with van der Waals surface area (Å²) in [6.07, 6.45) is 6.57. The van der Waals surface area contributed by atoms with Crippen LogP contribution in [0.4, 0.5) is 0 Å². The minimum Gasteiger partial charge on any atom is -0.339 e. The van der Waals surface area contributed by atoms with Gasteiger partial charge >= 0.3 is 0 Å². The van der Waals surface area contributed by atoms with E-state index in [1.165, 1.54) is 0 Å². The number of likely N-dealkylation sites (tertiary alicyclic amines) is 1. The van der Waals surface area contributed by atoms with Crippen LogP contribution < -0.4 is 0 Å². The minimum absolute atomic E-state index is 0.0286. The fourth-order valence-electron chi connectivity index (χ4n) is 3.49. The first-order valence-electron chi connectivity index (χ1n) is 7.71. The van der Waals surface area contributed by atoms with Gasteiger partial charge in [0.15, 0.2) is 0 Å². The number of carbonyl (C=O) groups is 2. The highest BCUT2D eigenvalue weighted by molar-refractivity contribution is 5.84. The van der Waals surface area contributed by atoms with Gasteiger partial charge < -0.3 is 4.90 Å². The van der Waals surface area contributed by atoms with Crippen molar-refractivity contribution in [2.24, 2.45) is 11.3 Å². The maximum Gasteiger partial charge on any atom is 0.223 e. The fraction of sp³-hybridized carbons (Fsp3) is 0.875. The Balaban J connectivity index is 2.04. The van der Waals surface area contributed by atoms with Crippen LogP contribution in [0.15, 0.2) is 0 Å². The first-order chi connectivity index (χ1) is 8.88. The average Bonchev–Trinajstić information content (AvgIpc) is 2.76. The summed E-state index contributed by atoms with van der Waals surface area (Å²) in [5, 5.41) is 0. The molecule has 1 aliphatic carbocycles. The molecule has 1 saturated carbocycles. The summed E-state index contributed by atoms with van der Waals surface area (Å²) >= 11 is 0. The summed E-state index contributed by atoms with van der Waals surface area (Å²) in [6, 6.07) is 0.197. The van der Waals surface area contributed by atoms with Crippen LogP contribution in [0.1, 0.15) is 65.7 Å². The monoisotopic (exact) mass is 265 g/mol. The summed E-state index contributed by atoms with van der Waals surface area (Å²) < 4.78 is 0. The Morgan fingerprint density at radius 2 is 1.95 bits per heavy atom. The first kappa shape index (κ1) is 14.5. The zero-order valence-corrected chi connectivity index (χ0v) is 12.6. The molecule has 0 spiro atoms. The number of Topliss-reactive ketones (excluding diaryl/α,β-unsaturated/α-hetero) is 1. The van der Waals surface area contributed by atoms with Crippen molar-refractivity contribution >= 4 is 11.7 Å². The third kappa shape index (κ3) is 3.58. The van der Waals surface area contributed by atoms with Crippen LogP contribution in [0, 0.1) is 11.3 Å². The van der Waals surface area contributed by atoms with E-state index in [4.69, 9.17) is 0 Å². The van der Waals surface area contributed by atoms with Gasteiger partial charge in [0, 0.05) is 31.3 Å². The number of carbonyl (C=O) groups excluding carboxylic acids is 2. The Bertz CT molecular complexity index is 356. The molecule has 0 N–H and O–H groups in total. The molecule has 0 aromatic heterocycles. The third-order valence-electron chi connectivity index (χ3n) is 4.37. The van der Waals surface area contributed by atoms with Gasteiger partial charge in [0.05, 0.1) is 0 Å². The summed E-state index contributed by atoms with van der Waals surface area (Å²) in [6.45, 7) is 7.15. The Hall–Kier alpha value is -0.860. The van der Waals surface area contributed by atoms with Gasteiger partial charge in [-0.1, -0.05) is 27.2 Å². The van der Waals surface area contributed by atoms with Crippen molar-refractivity contribution < 1.29 is 9.59 Å². The third-order valence-corrected chi connectivity index (χ3v) is 4.37. The molecule has 0 aromatic rings. The predicted molar refractivity (Wildman–Crippen MR) is 75.8 cm³/mol. The number of hydrogen-bond acceptors (Lipinski definition) is 2. The van der Waals surface area contributed by atoms with Crippen molar-refractivity contribution in [2.75, 3.05) is 6.54 Å². The highest BCUT2D eigenvalue weighted by atomic mass is 16.2. The van der Waals surface area contributed by atoms with E-state index in [-0.39, 0.29) is 23.3 Å². The largest absolute Gasteiger partial charge is 0.339 e. The van der Waals surface area contributed by atoms with Gasteiger partial charge in [-0.05, 0) is 31.1 Å². The van der Waals surface area contributed by atoms with Crippen LogP contribution in [0.2, 0.25) is 0 Å². The highest BCUT2D eigenvalue weighted by Crippen LogP contribution is 2.33. The molecule has 1 heterocycles. The van der Waals surface area contributed by atoms with Crippen molar-refractivity contribution in [1.29, 1.82) is 0 Å². The minimum atomic E-state index is 0.0286. The SMILES string of the molecule is CC(C)(C)CC(=O)N1CCCC1C1CCCCC1=O. The Morgan fingerprint density at radius 1 is 1.21 bits per heavy atom. The lowest BCUT2D eigenvalue weighted by atomic mass is 9.81. The average molecular weight is 265 g/mol. The molecule has 3 nitrogen and oxygen atoms in total. The summed E-state index contributed by atoms with van der Waals surface area (Å²) in [4.78, 5) is 26.5. The van der Waals surface area contributed by atoms with E-state index >= 15 is 0 Å². The number of hydrogen-bond donors (Lipinski definition) is 0. The topological polar surface area (TPSA) is 37.4 Å². The van der Waals surface area contributed by atoms with Crippen molar-refractivity contribution in [1.82, 2.24) is 4.90 Å². The molecule has 2 unspecified atom stereocenters. The van der Waals surface area contributed by atoms with E-state index in [0.717, 1.165) is 45.1 Å². The summed E-state index contributed by atoms with van der Waals surface area (Å²) in [5.41, 5.74) is 0.0286. The molecule has 108 valence electrons. The zero-order chi connectivity index (χ0) is 14.0. The van der Waals surface area contributed by atoms with Gasteiger partial charge in [0.1, 0.15) is 5.78 Å². The van der Waals surface area contributed by atoms with E-state index in [1.54, 1.807) is 0 Å². The van der Waals surface area contributed by atoms with Crippen LogP contribution in [-0.2, 0) is 9.59 Å². The molecule has 3 heteroatoms. The maximum atomic E-state index is 12.4. The van der Waals surface area contributed by atoms with Gasteiger partial charge in [-0.3, -0.25) is 9.59 Å². The van der Waals surface area contributed by atoms with Crippen LogP contribution >= 0.6 is 0 Å². The number of nitrogens with zero attached hydrogens (tertiary/aromatic N) is 1. The van der Waals surface area contributed by atoms with Crippen LogP contribution in [-0.4, -0.2) is 29.2 Å². The molecule has 2 fully saturated rings. The van der Waals surface area contributed by atoms with E-state index in [2.05, 4.69) is 20.8 Å². The first-order valence-corrected chi connectivity index (χ1v) is 7.71. The van der Waals surface area contributed by atoms with Crippen molar-refractivity contribution in [3.63, 3.8) is 0 Å². The molecule has 19 heavy (non-hydrogen) atoms. The molecule has 1 amide bonds. The molecule has 2 atom stereocenters. The standard InChI is InChI=1S/C16H27NO2/c1-16(2,3)11-15(19)17-10-6-8-13(17)12-7-4-5-9-14(12)18/h12-13H,4-11H2,1-3H3. The van der Waals surface area contributed by atoms with E-state index in [9.17, 15) is 9.59 Å². The quantitative estimate of drug-likeness (QED) is 0.769. The van der Waals surface area contributed by atoms with E-state index in [1.807, 2.05) is 4.90 Å². The second-order valence-corrected chi connectivity index (χ2v) is 7.35. The molecular formula is C16H27NO2. The lowest BCUT2D eigenvalue weighted by Crippen LogP contribution is -2.44. The van der Waals surface area contributed by atoms with E-state index < -0.39 is 0 Å². The van der Waals surface area contributed by atoms with Crippen LogP contribution in [0.5, 0.6) is 0 Å². The van der Waals surface area contributed by atoms with Gasteiger partial charge in [0.25, 0.3) is 0 Å². The van der Waals surface area contributed by atoms with Crippen LogP contribution in [0.25, 0.3) is 0 Å². The van der Waals surface area contributed by atoms with Gasteiger partial charge in [-0.25, -0.2) is 0 Å². The smallest absolute Gasteiger partial charge is 0.223 e.